The number of hydrogen-bond acceptors (Lipinski definition) is 3. The van der Waals surface area contributed by atoms with Gasteiger partial charge in [0.15, 0.2) is 0 Å². The Hall–Kier alpha value is -1.56. The minimum Gasteiger partial charge on any atom is -0.497 e. The molecule has 0 saturated heterocycles. The lowest BCUT2D eigenvalue weighted by molar-refractivity contribution is -0.140. The molecule has 1 aliphatic rings. The molecule has 1 saturated carbocycles. The van der Waals surface area contributed by atoms with Crippen LogP contribution in [0.2, 0.25) is 0 Å². The van der Waals surface area contributed by atoms with Crippen molar-refractivity contribution in [3.8, 4) is 5.75 Å². The highest BCUT2D eigenvalue weighted by Gasteiger charge is 2.65. The van der Waals surface area contributed by atoms with Crippen LogP contribution < -0.4 is 10.1 Å². The molecule has 108 valence electrons. The summed E-state index contributed by atoms with van der Waals surface area (Å²) in [7, 11) is 1.54. The first kappa shape index (κ1) is 14.8. The average Bonchev–Trinajstić information content (AvgIpc) is 2.95. The fourth-order valence-corrected chi connectivity index (χ4v) is 2.87. The molecule has 1 aromatic rings. The predicted molar refractivity (Wildman–Crippen MR) is 77.7 cm³/mol. The Morgan fingerprint density at radius 1 is 1.35 bits per heavy atom. The first-order valence-corrected chi connectivity index (χ1v) is 6.95. The minimum atomic E-state index is -0.931. The number of carboxylic acid groups (broad SMARTS) is 1. The summed E-state index contributed by atoms with van der Waals surface area (Å²) in [5.41, 5.74) is 0.0579. The molecule has 0 spiro atoms. The highest BCUT2D eigenvalue weighted by Crippen LogP contribution is 2.58. The molecule has 2 N–H and O–H groups in total. The third-order valence-corrected chi connectivity index (χ3v) is 4.50. The van der Waals surface area contributed by atoms with Crippen molar-refractivity contribution >= 4 is 33.5 Å². The van der Waals surface area contributed by atoms with Gasteiger partial charge in [-0.25, -0.2) is 0 Å². The number of nitrogens with one attached hydrogen (secondary N) is 1. The maximum Gasteiger partial charge on any atom is 0.307 e. The second-order valence-electron chi connectivity index (χ2n) is 5.45. The monoisotopic (exact) mass is 341 g/mol. The van der Waals surface area contributed by atoms with Crippen LogP contribution >= 0.6 is 15.9 Å². The highest BCUT2D eigenvalue weighted by atomic mass is 79.9. The number of ether oxygens (including phenoxy) is 1. The number of anilines is 1. The summed E-state index contributed by atoms with van der Waals surface area (Å²) in [6, 6.07) is 5.22. The Bertz CT molecular complexity index is 570. The minimum absolute atomic E-state index is 0.281. The van der Waals surface area contributed by atoms with Crippen LogP contribution in [0.1, 0.15) is 13.8 Å². The predicted octanol–water partition coefficient (Wildman–Crippen LogP) is 2.75. The zero-order chi connectivity index (χ0) is 15.1. The number of hydrogen-bond donors (Lipinski definition) is 2. The molecule has 1 aliphatic carbocycles. The fraction of sp³-hybridized carbons (Fsp3) is 0.429. The maximum atomic E-state index is 12.2. The normalized spacial score (nSPS) is 23.0. The van der Waals surface area contributed by atoms with Crippen LogP contribution in [0.5, 0.6) is 5.75 Å². The maximum absolute atomic E-state index is 12.2. The number of carbonyl (C=O) groups is 2. The molecule has 6 heteroatoms. The van der Waals surface area contributed by atoms with Gasteiger partial charge in [-0.3, -0.25) is 9.59 Å². The van der Waals surface area contributed by atoms with E-state index in [4.69, 9.17) is 9.84 Å². The lowest BCUT2D eigenvalue weighted by Gasteiger charge is -2.10. The number of rotatable bonds is 4. The quantitative estimate of drug-likeness (QED) is 0.882. The van der Waals surface area contributed by atoms with Gasteiger partial charge in [0, 0.05) is 10.5 Å². The average molecular weight is 342 g/mol. The molecule has 1 fully saturated rings. The number of benzene rings is 1. The second kappa shape index (κ2) is 5.09. The van der Waals surface area contributed by atoms with Gasteiger partial charge in [0.2, 0.25) is 5.91 Å². The standard InChI is InChI=1S/C14H16BrNO4/c1-14(2)10(11(14)13(18)19)12(17)16-9-6-7(20-3)4-5-8(9)15/h4-6,10-11H,1-3H3,(H,16,17)(H,18,19). The Morgan fingerprint density at radius 3 is 2.50 bits per heavy atom. The fourth-order valence-electron chi connectivity index (χ4n) is 2.53. The third-order valence-electron chi connectivity index (χ3n) is 3.81. The van der Waals surface area contributed by atoms with Crippen LogP contribution in [0.15, 0.2) is 22.7 Å². The molecule has 20 heavy (non-hydrogen) atoms. The summed E-state index contributed by atoms with van der Waals surface area (Å²) in [6.07, 6.45) is 0. The summed E-state index contributed by atoms with van der Waals surface area (Å²) in [5.74, 6) is -1.74. The molecule has 0 bridgehead atoms. The van der Waals surface area contributed by atoms with E-state index in [1.54, 1.807) is 39.2 Å². The van der Waals surface area contributed by atoms with E-state index in [1.165, 1.54) is 0 Å². The summed E-state index contributed by atoms with van der Waals surface area (Å²) in [6.45, 7) is 3.58. The number of carboxylic acids is 1. The number of amides is 1. The SMILES string of the molecule is COc1ccc(Br)c(NC(=O)C2C(C(=O)O)C2(C)C)c1. The van der Waals surface area contributed by atoms with Crippen molar-refractivity contribution < 1.29 is 19.4 Å². The number of halogens is 1. The molecule has 0 heterocycles. The van der Waals surface area contributed by atoms with Crippen LogP contribution in [0, 0.1) is 17.3 Å². The van der Waals surface area contributed by atoms with Gasteiger partial charge in [0.25, 0.3) is 0 Å². The molecular formula is C14H16BrNO4. The molecule has 5 nitrogen and oxygen atoms in total. The summed E-state index contributed by atoms with van der Waals surface area (Å²) in [5, 5.41) is 11.9. The molecule has 0 radical (unpaired) electrons. The van der Waals surface area contributed by atoms with Gasteiger partial charge in [0.05, 0.1) is 24.6 Å². The Labute approximate surface area is 125 Å². The molecule has 1 aromatic carbocycles. The lowest BCUT2D eigenvalue weighted by Crippen LogP contribution is -2.18. The molecule has 2 unspecified atom stereocenters. The zero-order valence-corrected chi connectivity index (χ0v) is 13.0. The Kier molecular flexibility index (Phi) is 3.77. The molecule has 0 aromatic heterocycles. The zero-order valence-electron chi connectivity index (χ0n) is 11.4. The van der Waals surface area contributed by atoms with Crippen molar-refractivity contribution in [3.05, 3.63) is 22.7 Å². The van der Waals surface area contributed by atoms with Crippen molar-refractivity contribution in [2.24, 2.45) is 17.3 Å². The topological polar surface area (TPSA) is 75.6 Å². The molecule has 0 aliphatic heterocycles. The van der Waals surface area contributed by atoms with E-state index in [9.17, 15) is 9.59 Å². The lowest BCUT2D eigenvalue weighted by atomic mass is 10.1. The van der Waals surface area contributed by atoms with Gasteiger partial charge >= 0.3 is 5.97 Å². The largest absolute Gasteiger partial charge is 0.497 e. The van der Waals surface area contributed by atoms with Crippen molar-refractivity contribution in [2.45, 2.75) is 13.8 Å². The van der Waals surface area contributed by atoms with Crippen LogP contribution in [-0.2, 0) is 9.59 Å². The van der Waals surface area contributed by atoms with Gasteiger partial charge in [-0.15, -0.1) is 0 Å². The second-order valence-corrected chi connectivity index (χ2v) is 6.30. The van der Waals surface area contributed by atoms with Crippen LogP contribution in [0.25, 0.3) is 0 Å². The van der Waals surface area contributed by atoms with E-state index in [2.05, 4.69) is 21.2 Å². The Morgan fingerprint density at radius 2 is 2.00 bits per heavy atom. The van der Waals surface area contributed by atoms with Gasteiger partial charge in [-0.2, -0.15) is 0 Å². The van der Waals surface area contributed by atoms with Gasteiger partial charge in [-0.05, 0) is 33.5 Å². The molecule has 1 amide bonds. The summed E-state index contributed by atoms with van der Waals surface area (Å²) >= 11 is 3.34. The Balaban J connectivity index is 2.15. The smallest absolute Gasteiger partial charge is 0.307 e. The number of carbonyl (C=O) groups excluding carboxylic acids is 1. The van der Waals surface area contributed by atoms with E-state index in [0.717, 1.165) is 4.47 Å². The van der Waals surface area contributed by atoms with E-state index in [0.29, 0.717) is 11.4 Å². The third kappa shape index (κ3) is 2.52. The van der Waals surface area contributed by atoms with Gasteiger partial charge in [-0.1, -0.05) is 13.8 Å². The first-order valence-electron chi connectivity index (χ1n) is 6.16. The number of methoxy groups -OCH3 is 1. The van der Waals surface area contributed by atoms with Gasteiger partial charge < -0.3 is 15.2 Å². The summed E-state index contributed by atoms with van der Waals surface area (Å²) in [4.78, 5) is 23.3. The van der Waals surface area contributed by atoms with Crippen molar-refractivity contribution in [1.82, 2.24) is 0 Å². The van der Waals surface area contributed by atoms with Crippen LogP contribution in [0.4, 0.5) is 5.69 Å². The van der Waals surface area contributed by atoms with E-state index < -0.39 is 23.2 Å². The van der Waals surface area contributed by atoms with Crippen LogP contribution in [0.3, 0.4) is 0 Å². The van der Waals surface area contributed by atoms with Crippen molar-refractivity contribution in [3.63, 3.8) is 0 Å². The highest BCUT2D eigenvalue weighted by molar-refractivity contribution is 9.10. The summed E-state index contributed by atoms with van der Waals surface area (Å²) < 4.78 is 5.82. The number of aliphatic carboxylic acids is 1. The van der Waals surface area contributed by atoms with Crippen LogP contribution in [-0.4, -0.2) is 24.1 Å². The van der Waals surface area contributed by atoms with Crippen molar-refractivity contribution in [2.75, 3.05) is 12.4 Å². The van der Waals surface area contributed by atoms with Crippen molar-refractivity contribution in [1.29, 1.82) is 0 Å². The molecule has 2 atom stereocenters. The molecular weight excluding hydrogens is 326 g/mol. The van der Waals surface area contributed by atoms with E-state index in [-0.39, 0.29) is 5.91 Å². The molecule has 2 rings (SSSR count). The van der Waals surface area contributed by atoms with E-state index in [1.807, 2.05) is 0 Å². The van der Waals surface area contributed by atoms with Gasteiger partial charge in [0.1, 0.15) is 5.75 Å². The van der Waals surface area contributed by atoms with E-state index >= 15 is 0 Å². The first-order chi connectivity index (χ1) is 9.28.